The normalized spacial score (nSPS) is 14.1. The summed E-state index contributed by atoms with van der Waals surface area (Å²) in [5.74, 6) is 2.50. The van der Waals surface area contributed by atoms with Crippen LogP contribution in [0.2, 0.25) is 0 Å². The largest absolute Gasteiger partial charge is 0.478 e. The Morgan fingerprint density at radius 2 is 2.06 bits per heavy atom. The summed E-state index contributed by atoms with van der Waals surface area (Å²) >= 11 is 0. The molecule has 0 spiro atoms. The van der Waals surface area contributed by atoms with E-state index < -0.39 is 0 Å². The van der Waals surface area contributed by atoms with Crippen molar-refractivity contribution in [3.63, 3.8) is 0 Å². The average molecular weight is 237 g/mol. The molecule has 3 heteroatoms. The van der Waals surface area contributed by atoms with Gasteiger partial charge in [-0.25, -0.2) is 4.79 Å². The van der Waals surface area contributed by atoms with Gasteiger partial charge in [-0.1, -0.05) is 36.4 Å². The van der Waals surface area contributed by atoms with Gasteiger partial charge in [-0.2, -0.15) is 5.26 Å². The molecule has 3 nitrogen and oxygen atoms in total. The van der Waals surface area contributed by atoms with Crippen molar-refractivity contribution in [1.29, 1.82) is 5.26 Å². The lowest BCUT2D eigenvalue weighted by Crippen LogP contribution is -2.03. The zero-order chi connectivity index (χ0) is 12.8. The summed E-state index contributed by atoms with van der Waals surface area (Å²) in [6.45, 7) is -0.0395. The minimum absolute atomic E-state index is 0.0395. The van der Waals surface area contributed by atoms with Gasteiger partial charge in [0.05, 0.1) is 5.57 Å². The van der Waals surface area contributed by atoms with E-state index in [4.69, 9.17) is 10.00 Å². The zero-order valence-electron chi connectivity index (χ0n) is 9.72. The lowest BCUT2D eigenvalue weighted by molar-refractivity contribution is 0.267. The number of carbonyl (C=O) groups excluding carboxylic acids is 1. The van der Waals surface area contributed by atoms with Crippen molar-refractivity contribution < 1.29 is 9.53 Å². The fourth-order valence-electron chi connectivity index (χ4n) is 1.86. The third kappa shape index (κ3) is 2.40. The molecule has 1 aromatic rings. The molecule has 1 aromatic carbocycles. The van der Waals surface area contributed by atoms with E-state index in [1.165, 1.54) is 0 Å². The molecule has 0 fully saturated rings. The molecule has 0 radical (unpaired) electrons. The average Bonchev–Trinajstić information content (AvgIpc) is 2.45. The number of ether oxygens (including phenoxy) is 1. The molecular formula is C15H11NO2. The molecule has 88 valence electrons. The number of nitrogens with zero attached hydrogens (tertiary/aromatic N) is 1. The van der Waals surface area contributed by atoms with Gasteiger partial charge in [0, 0.05) is 12.0 Å². The van der Waals surface area contributed by atoms with E-state index in [0.29, 0.717) is 17.8 Å². The quantitative estimate of drug-likeness (QED) is 0.759. The van der Waals surface area contributed by atoms with Crippen LogP contribution in [0.25, 0.3) is 5.57 Å². The lowest BCUT2D eigenvalue weighted by Gasteiger charge is -2.16. The third-order valence-corrected chi connectivity index (χ3v) is 2.62. The zero-order valence-corrected chi connectivity index (χ0v) is 9.72. The van der Waals surface area contributed by atoms with Crippen molar-refractivity contribution in [3.05, 3.63) is 59.4 Å². The van der Waals surface area contributed by atoms with Crippen molar-refractivity contribution in [2.75, 3.05) is 6.61 Å². The summed E-state index contributed by atoms with van der Waals surface area (Å²) in [4.78, 5) is 11.0. The SMILES string of the molecule is N#CCOC1=C(c2ccccc2)C(=C=O)CC=C1. The second-order valence-electron chi connectivity index (χ2n) is 3.74. The molecule has 0 bridgehead atoms. The molecule has 1 aliphatic carbocycles. The van der Waals surface area contributed by atoms with Crippen LogP contribution in [0.4, 0.5) is 0 Å². The fourth-order valence-corrected chi connectivity index (χ4v) is 1.86. The Balaban J connectivity index is 2.52. The van der Waals surface area contributed by atoms with Crippen LogP contribution in [0.15, 0.2) is 53.8 Å². The molecule has 0 amide bonds. The van der Waals surface area contributed by atoms with Crippen molar-refractivity contribution in [3.8, 4) is 6.07 Å². The van der Waals surface area contributed by atoms with Crippen molar-refractivity contribution in [2.45, 2.75) is 6.42 Å². The Kier molecular flexibility index (Phi) is 3.76. The Bertz CT molecular complexity index is 585. The van der Waals surface area contributed by atoms with Gasteiger partial charge in [-0.3, -0.25) is 0 Å². The highest BCUT2D eigenvalue weighted by Crippen LogP contribution is 2.32. The smallest absolute Gasteiger partial charge is 0.174 e. The Labute approximate surface area is 105 Å². The molecule has 18 heavy (non-hydrogen) atoms. The first-order valence-electron chi connectivity index (χ1n) is 5.57. The van der Waals surface area contributed by atoms with Crippen LogP contribution >= 0.6 is 0 Å². The highest BCUT2D eigenvalue weighted by atomic mass is 16.5. The molecule has 0 N–H and O–H groups in total. The molecule has 0 saturated heterocycles. The van der Waals surface area contributed by atoms with E-state index in [9.17, 15) is 4.79 Å². The highest BCUT2D eigenvalue weighted by Gasteiger charge is 2.17. The van der Waals surface area contributed by atoms with Crippen molar-refractivity contribution >= 4 is 11.5 Å². The van der Waals surface area contributed by atoms with E-state index in [-0.39, 0.29) is 6.61 Å². The van der Waals surface area contributed by atoms with Gasteiger partial charge >= 0.3 is 0 Å². The van der Waals surface area contributed by atoms with Crippen LogP contribution in [-0.4, -0.2) is 12.5 Å². The number of nitriles is 1. The molecule has 0 heterocycles. The predicted octanol–water partition coefficient (Wildman–Crippen LogP) is 2.66. The Morgan fingerprint density at radius 3 is 2.72 bits per heavy atom. The number of hydrogen-bond acceptors (Lipinski definition) is 3. The molecule has 0 atom stereocenters. The van der Waals surface area contributed by atoms with E-state index in [1.54, 1.807) is 6.08 Å². The number of hydrogen-bond donors (Lipinski definition) is 0. The summed E-state index contributed by atoms with van der Waals surface area (Å²) in [6, 6.07) is 11.4. The maximum Gasteiger partial charge on any atom is 0.174 e. The summed E-state index contributed by atoms with van der Waals surface area (Å²) in [5.41, 5.74) is 2.17. The molecule has 2 rings (SSSR count). The van der Waals surface area contributed by atoms with Gasteiger partial charge < -0.3 is 4.74 Å². The molecule has 0 aliphatic heterocycles. The molecule has 0 saturated carbocycles. The van der Waals surface area contributed by atoms with E-state index >= 15 is 0 Å². The fraction of sp³-hybridized carbons (Fsp3) is 0.133. The van der Waals surface area contributed by atoms with Gasteiger partial charge in [-0.15, -0.1) is 0 Å². The molecular weight excluding hydrogens is 226 g/mol. The van der Waals surface area contributed by atoms with Crippen LogP contribution in [0.3, 0.4) is 0 Å². The summed E-state index contributed by atoms with van der Waals surface area (Å²) < 4.78 is 5.36. The van der Waals surface area contributed by atoms with Gasteiger partial charge in [0.1, 0.15) is 17.8 Å². The summed E-state index contributed by atoms with van der Waals surface area (Å²) in [6.07, 6.45) is 4.16. The second kappa shape index (κ2) is 5.67. The van der Waals surface area contributed by atoms with Crippen LogP contribution in [0.5, 0.6) is 0 Å². The standard InChI is InChI=1S/C15H11NO2/c16-9-10-18-14-8-4-7-13(11-17)15(14)12-5-2-1-3-6-12/h1-6,8H,7,10H2. The maximum atomic E-state index is 11.0. The number of allylic oxidation sites excluding steroid dienone is 4. The van der Waals surface area contributed by atoms with E-state index in [1.807, 2.05) is 48.4 Å². The first-order chi connectivity index (χ1) is 8.86. The number of rotatable bonds is 3. The first-order valence-corrected chi connectivity index (χ1v) is 5.57. The molecule has 0 aromatic heterocycles. The minimum atomic E-state index is -0.0395. The van der Waals surface area contributed by atoms with E-state index in [2.05, 4.69) is 0 Å². The van der Waals surface area contributed by atoms with Crippen molar-refractivity contribution in [2.24, 2.45) is 0 Å². The minimum Gasteiger partial charge on any atom is -0.478 e. The van der Waals surface area contributed by atoms with Crippen molar-refractivity contribution in [1.82, 2.24) is 0 Å². The van der Waals surface area contributed by atoms with E-state index in [0.717, 1.165) is 11.1 Å². The van der Waals surface area contributed by atoms with Crippen LogP contribution in [-0.2, 0) is 9.53 Å². The highest BCUT2D eigenvalue weighted by molar-refractivity contribution is 5.90. The van der Waals surface area contributed by atoms with Gasteiger partial charge in [0.15, 0.2) is 6.61 Å². The van der Waals surface area contributed by atoms with Gasteiger partial charge in [0.2, 0.25) is 0 Å². The summed E-state index contributed by atoms with van der Waals surface area (Å²) in [5, 5.41) is 8.57. The van der Waals surface area contributed by atoms with Gasteiger partial charge in [0.25, 0.3) is 0 Å². The predicted molar refractivity (Wildman–Crippen MR) is 67.9 cm³/mol. The maximum absolute atomic E-state index is 11.0. The van der Waals surface area contributed by atoms with Crippen LogP contribution < -0.4 is 0 Å². The summed E-state index contributed by atoms with van der Waals surface area (Å²) in [7, 11) is 0. The lowest BCUT2D eigenvalue weighted by atomic mass is 9.92. The first kappa shape index (κ1) is 11.9. The van der Waals surface area contributed by atoms with Crippen LogP contribution in [0, 0.1) is 11.3 Å². The van der Waals surface area contributed by atoms with Gasteiger partial charge in [-0.05, 0) is 11.6 Å². The van der Waals surface area contributed by atoms with Crippen LogP contribution in [0.1, 0.15) is 12.0 Å². The second-order valence-corrected chi connectivity index (χ2v) is 3.74. The monoisotopic (exact) mass is 237 g/mol. The topological polar surface area (TPSA) is 50.1 Å². The Hall–Kier alpha value is -2.56. The molecule has 0 unspecified atom stereocenters. The Morgan fingerprint density at radius 1 is 1.28 bits per heavy atom. The number of benzene rings is 1. The molecule has 1 aliphatic rings. The third-order valence-electron chi connectivity index (χ3n) is 2.62.